The van der Waals surface area contributed by atoms with Gasteiger partial charge in [-0.15, -0.1) is 0 Å². The minimum absolute atomic E-state index is 0.122. The number of hydrogen-bond donors (Lipinski definition) is 2. The number of benzene rings is 1. The molecule has 1 aromatic carbocycles. The zero-order chi connectivity index (χ0) is 13.9. The van der Waals surface area contributed by atoms with Gasteiger partial charge in [-0.1, -0.05) is 29.8 Å². The Kier molecular flexibility index (Phi) is 4.81. The molecule has 0 aliphatic carbocycles. The molecule has 0 atom stereocenters. The Labute approximate surface area is 112 Å². The standard InChI is InChI=1S/C12H14BrF2NO2/c1-12(2,6-17)5-16-11(18)10-8(14)3-7(13)4-9(10)15/h3-4,17H,5-6H2,1-2H3,(H,16,18). The number of hydrogen-bond acceptors (Lipinski definition) is 2. The van der Waals surface area contributed by atoms with Gasteiger partial charge in [0.2, 0.25) is 0 Å². The number of aliphatic hydroxyl groups is 1. The summed E-state index contributed by atoms with van der Waals surface area (Å²) in [7, 11) is 0. The number of carbonyl (C=O) groups excluding carboxylic acids is 1. The summed E-state index contributed by atoms with van der Waals surface area (Å²) in [6.45, 7) is 3.43. The Balaban J connectivity index is 2.86. The van der Waals surface area contributed by atoms with Crippen LogP contribution in [-0.4, -0.2) is 24.2 Å². The summed E-state index contributed by atoms with van der Waals surface area (Å²) < 4.78 is 27.2. The number of halogens is 3. The minimum Gasteiger partial charge on any atom is -0.396 e. The lowest BCUT2D eigenvalue weighted by Crippen LogP contribution is -2.36. The van der Waals surface area contributed by atoms with Crippen LogP contribution in [0, 0.1) is 17.0 Å². The second-order valence-electron chi connectivity index (χ2n) is 4.75. The maximum Gasteiger partial charge on any atom is 0.257 e. The summed E-state index contributed by atoms with van der Waals surface area (Å²) >= 11 is 2.93. The molecular formula is C12H14BrF2NO2. The first kappa shape index (κ1) is 15.0. The van der Waals surface area contributed by atoms with E-state index in [-0.39, 0.29) is 17.6 Å². The van der Waals surface area contributed by atoms with Crippen LogP contribution in [0.5, 0.6) is 0 Å². The van der Waals surface area contributed by atoms with E-state index < -0.39 is 28.5 Å². The fraction of sp³-hybridized carbons (Fsp3) is 0.417. The molecule has 2 N–H and O–H groups in total. The lowest BCUT2D eigenvalue weighted by atomic mass is 9.95. The molecule has 0 saturated carbocycles. The molecule has 18 heavy (non-hydrogen) atoms. The molecule has 100 valence electrons. The van der Waals surface area contributed by atoms with E-state index in [9.17, 15) is 13.6 Å². The summed E-state index contributed by atoms with van der Waals surface area (Å²) in [5.74, 6) is -2.69. The van der Waals surface area contributed by atoms with E-state index in [1.165, 1.54) is 0 Å². The predicted molar refractivity (Wildman–Crippen MR) is 67.3 cm³/mol. The van der Waals surface area contributed by atoms with Gasteiger partial charge in [0.15, 0.2) is 0 Å². The van der Waals surface area contributed by atoms with Crippen LogP contribution in [-0.2, 0) is 0 Å². The van der Waals surface area contributed by atoms with Gasteiger partial charge in [0.25, 0.3) is 5.91 Å². The molecule has 3 nitrogen and oxygen atoms in total. The van der Waals surface area contributed by atoms with Crippen molar-refractivity contribution in [3.05, 3.63) is 33.8 Å². The zero-order valence-corrected chi connectivity index (χ0v) is 11.6. The SMILES string of the molecule is CC(C)(CO)CNC(=O)c1c(F)cc(Br)cc1F. The molecule has 0 bridgehead atoms. The van der Waals surface area contributed by atoms with Gasteiger partial charge in [0.1, 0.15) is 17.2 Å². The second kappa shape index (κ2) is 5.75. The first-order chi connectivity index (χ1) is 8.26. The smallest absolute Gasteiger partial charge is 0.257 e. The van der Waals surface area contributed by atoms with Crippen molar-refractivity contribution in [1.29, 1.82) is 0 Å². The van der Waals surface area contributed by atoms with Crippen molar-refractivity contribution < 1.29 is 18.7 Å². The van der Waals surface area contributed by atoms with Crippen LogP contribution in [0.4, 0.5) is 8.78 Å². The molecule has 0 spiro atoms. The van der Waals surface area contributed by atoms with Crippen LogP contribution >= 0.6 is 15.9 Å². The molecule has 0 radical (unpaired) electrons. The number of amides is 1. The summed E-state index contributed by atoms with van der Waals surface area (Å²) in [5, 5.41) is 11.4. The number of aliphatic hydroxyl groups excluding tert-OH is 1. The molecule has 1 aromatic rings. The van der Waals surface area contributed by atoms with Crippen LogP contribution < -0.4 is 5.32 Å². The van der Waals surface area contributed by atoms with Gasteiger partial charge in [0.05, 0.1) is 0 Å². The molecule has 1 rings (SSSR count). The fourth-order valence-corrected chi connectivity index (χ4v) is 1.62. The molecular weight excluding hydrogens is 308 g/mol. The largest absolute Gasteiger partial charge is 0.396 e. The van der Waals surface area contributed by atoms with Crippen molar-refractivity contribution in [1.82, 2.24) is 5.32 Å². The van der Waals surface area contributed by atoms with Gasteiger partial charge in [-0.25, -0.2) is 8.78 Å². The highest BCUT2D eigenvalue weighted by atomic mass is 79.9. The van der Waals surface area contributed by atoms with Crippen LogP contribution in [0.1, 0.15) is 24.2 Å². The number of nitrogens with one attached hydrogen (secondary N) is 1. The Hall–Kier alpha value is -1.01. The highest BCUT2D eigenvalue weighted by Gasteiger charge is 2.22. The van der Waals surface area contributed by atoms with Gasteiger partial charge in [-0.05, 0) is 12.1 Å². The summed E-state index contributed by atoms with van der Waals surface area (Å²) in [6.07, 6.45) is 0. The molecule has 0 heterocycles. The van der Waals surface area contributed by atoms with E-state index in [0.29, 0.717) is 0 Å². The third-order valence-electron chi connectivity index (χ3n) is 2.39. The first-order valence-corrected chi connectivity index (χ1v) is 6.10. The fourth-order valence-electron chi connectivity index (χ4n) is 1.22. The van der Waals surface area contributed by atoms with E-state index in [2.05, 4.69) is 21.2 Å². The normalized spacial score (nSPS) is 11.4. The Morgan fingerprint density at radius 2 is 1.89 bits per heavy atom. The highest BCUT2D eigenvalue weighted by Crippen LogP contribution is 2.20. The third-order valence-corrected chi connectivity index (χ3v) is 2.85. The average molecular weight is 322 g/mol. The average Bonchev–Trinajstić information content (AvgIpc) is 2.25. The summed E-state index contributed by atoms with van der Waals surface area (Å²) in [5.41, 5.74) is -1.16. The highest BCUT2D eigenvalue weighted by molar-refractivity contribution is 9.10. The van der Waals surface area contributed by atoms with Crippen molar-refractivity contribution >= 4 is 21.8 Å². The van der Waals surface area contributed by atoms with E-state index in [1.54, 1.807) is 13.8 Å². The summed E-state index contributed by atoms with van der Waals surface area (Å²) in [4.78, 5) is 11.7. The lowest BCUT2D eigenvalue weighted by Gasteiger charge is -2.21. The van der Waals surface area contributed by atoms with Crippen LogP contribution in [0.15, 0.2) is 16.6 Å². The Morgan fingerprint density at radius 3 is 2.33 bits per heavy atom. The van der Waals surface area contributed by atoms with Gasteiger partial charge >= 0.3 is 0 Å². The van der Waals surface area contributed by atoms with Crippen LogP contribution in [0.2, 0.25) is 0 Å². The van der Waals surface area contributed by atoms with Crippen molar-refractivity contribution in [3.63, 3.8) is 0 Å². The molecule has 0 saturated heterocycles. The molecule has 0 aliphatic heterocycles. The third kappa shape index (κ3) is 3.74. The maximum atomic E-state index is 13.5. The molecule has 0 aromatic heterocycles. The van der Waals surface area contributed by atoms with Gasteiger partial charge in [-0.3, -0.25) is 4.79 Å². The van der Waals surface area contributed by atoms with E-state index >= 15 is 0 Å². The maximum absolute atomic E-state index is 13.5. The lowest BCUT2D eigenvalue weighted by molar-refractivity contribution is 0.0902. The van der Waals surface area contributed by atoms with E-state index in [0.717, 1.165) is 12.1 Å². The van der Waals surface area contributed by atoms with Crippen LogP contribution in [0.3, 0.4) is 0 Å². The quantitative estimate of drug-likeness (QED) is 0.895. The van der Waals surface area contributed by atoms with Crippen molar-refractivity contribution in [2.45, 2.75) is 13.8 Å². The van der Waals surface area contributed by atoms with Crippen LogP contribution in [0.25, 0.3) is 0 Å². The number of rotatable bonds is 4. The van der Waals surface area contributed by atoms with E-state index in [4.69, 9.17) is 5.11 Å². The van der Waals surface area contributed by atoms with Gasteiger partial charge < -0.3 is 10.4 Å². The minimum atomic E-state index is -0.929. The second-order valence-corrected chi connectivity index (χ2v) is 5.67. The first-order valence-electron chi connectivity index (χ1n) is 5.30. The van der Waals surface area contributed by atoms with Gasteiger partial charge in [-0.2, -0.15) is 0 Å². The zero-order valence-electron chi connectivity index (χ0n) is 10.1. The van der Waals surface area contributed by atoms with Crippen molar-refractivity contribution in [2.24, 2.45) is 5.41 Å². The van der Waals surface area contributed by atoms with Crippen molar-refractivity contribution in [3.8, 4) is 0 Å². The Bertz CT molecular complexity index is 440. The monoisotopic (exact) mass is 321 g/mol. The Morgan fingerprint density at radius 1 is 1.39 bits per heavy atom. The molecule has 0 fully saturated rings. The topological polar surface area (TPSA) is 49.3 Å². The molecule has 6 heteroatoms. The van der Waals surface area contributed by atoms with Gasteiger partial charge in [0, 0.05) is 23.0 Å². The van der Waals surface area contributed by atoms with Crippen molar-refractivity contribution in [2.75, 3.05) is 13.2 Å². The molecule has 1 amide bonds. The summed E-state index contributed by atoms with van der Waals surface area (Å²) in [6, 6.07) is 2.05. The van der Waals surface area contributed by atoms with E-state index in [1.807, 2.05) is 0 Å². The molecule has 0 unspecified atom stereocenters. The predicted octanol–water partition coefficient (Wildman–Crippen LogP) is 2.48. The number of carbonyl (C=O) groups is 1. The molecule has 0 aliphatic rings.